The Hall–Kier alpha value is -2.33. The van der Waals surface area contributed by atoms with Gasteiger partial charge in [0, 0.05) is 18.2 Å². The van der Waals surface area contributed by atoms with E-state index < -0.39 is 24.5 Å². The minimum absolute atomic E-state index is 0.400. The molecule has 138 valence electrons. The van der Waals surface area contributed by atoms with Crippen LogP contribution in [0.3, 0.4) is 0 Å². The van der Waals surface area contributed by atoms with Crippen LogP contribution in [0, 0.1) is 6.92 Å². The first-order valence-corrected chi connectivity index (χ1v) is 8.51. The molecule has 4 heterocycles. The highest BCUT2D eigenvalue weighted by Gasteiger charge is 2.45. The molecule has 3 aromatic heterocycles. The molecule has 1 saturated heterocycles. The molecule has 1 aliphatic heterocycles. The first kappa shape index (κ1) is 17.1. The Kier molecular flexibility index (Phi) is 4.45. The lowest BCUT2D eigenvalue weighted by molar-refractivity contribution is -0.0367. The number of aromatic nitrogens is 5. The Balaban J connectivity index is 1.61. The number of aliphatic hydroxyl groups excluding tert-OH is 2. The van der Waals surface area contributed by atoms with Crippen molar-refractivity contribution in [3.05, 3.63) is 41.7 Å². The van der Waals surface area contributed by atoms with Gasteiger partial charge in [0.25, 0.3) is 0 Å². The van der Waals surface area contributed by atoms with E-state index in [-0.39, 0.29) is 0 Å². The number of rotatable bonds is 5. The molecule has 9 nitrogen and oxygen atoms in total. The molecule has 0 saturated carbocycles. The maximum atomic E-state index is 10.5. The third-order valence-corrected chi connectivity index (χ3v) is 4.62. The molecule has 0 amide bonds. The molecule has 4 unspecified atom stereocenters. The van der Waals surface area contributed by atoms with Crippen LogP contribution in [0.25, 0.3) is 11.0 Å². The van der Waals surface area contributed by atoms with E-state index in [4.69, 9.17) is 9.47 Å². The third kappa shape index (κ3) is 2.78. The van der Waals surface area contributed by atoms with Crippen molar-refractivity contribution in [1.29, 1.82) is 0 Å². The van der Waals surface area contributed by atoms with Gasteiger partial charge in [0.2, 0.25) is 0 Å². The van der Waals surface area contributed by atoms with Crippen LogP contribution in [0.5, 0.6) is 0 Å². The van der Waals surface area contributed by atoms with E-state index in [9.17, 15) is 10.2 Å². The number of H-pyrrole nitrogens is 1. The molecule has 3 aromatic rings. The van der Waals surface area contributed by atoms with Gasteiger partial charge in [0.05, 0.1) is 23.7 Å². The molecule has 0 aliphatic carbocycles. The van der Waals surface area contributed by atoms with Crippen molar-refractivity contribution in [2.24, 2.45) is 0 Å². The lowest BCUT2D eigenvalue weighted by Gasteiger charge is -2.17. The fourth-order valence-electron chi connectivity index (χ4n) is 3.25. The predicted octanol–water partition coefficient (Wildman–Crippen LogP) is 0.991. The number of fused-ring (bicyclic) bond motifs is 1. The van der Waals surface area contributed by atoms with E-state index >= 15 is 0 Å². The predicted molar refractivity (Wildman–Crippen MR) is 91.1 cm³/mol. The highest BCUT2D eigenvalue weighted by atomic mass is 16.6. The minimum Gasteiger partial charge on any atom is -0.387 e. The second kappa shape index (κ2) is 6.76. The Morgan fingerprint density at radius 2 is 2.15 bits per heavy atom. The highest BCUT2D eigenvalue weighted by Crippen LogP contribution is 2.39. The van der Waals surface area contributed by atoms with Gasteiger partial charge in [0.15, 0.2) is 6.23 Å². The van der Waals surface area contributed by atoms with Crippen LogP contribution < -0.4 is 0 Å². The molecule has 0 radical (unpaired) electrons. The largest absolute Gasteiger partial charge is 0.387 e. The molecular weight excluding hydrogens is 338 g/mol. The fraction of sp³-hybridized carbons (Fsp3) is 0.471. The van der Waals surface area contributed by atoms with Crippen molar-refractivity contribution in [1.82, 2.24) is 24.7 Å². The summed E-state index contributed by atoms with van der Waals surface area (Å²) in [6, 6.07) is 3.65. The van der Waals surface area contributed by atoms with Gasteiger partial charge < -0.3 is 24.3 Å². The zero-order valence-electron chi connectivity index (χ0n) is 14.5. The fourth-order valence-corrected chi connectivity index (χ4v) is 3.25. The van der Waals surface area contributed by atoms with Gasteiger partial charge in [-0.1, -0.05) is 0 Å². The summed E-state index contributed by atoms with van der Waals surface area (Å²) in [5.74, 6) is 0. The highest BCUT2D eigenvalue weighted by molar-refractivity contribution is 5.78. The standard InChI is InChI=1S/C17H21N5O4/c1-3-25-7-10-6-12(21-20-10)15-13(23)14(24)17(26-15)22-5-4-11-9(2)18-8-19-16(11)22/h4-6,8,13-15,17,23-24H,3,7H2,1-2H3,(H,20,21). The molecule has 0 spiro atoms. The van der Waals surface area contributed by atoms with Crippen molar-refractivity contribution in [2.75, 3.05) is 6.61 Å². The average molecular weight is 359 g/mol. The van der Waals surface area contributed by atoms with E-state index in [0.29, 0.717) is 24.6 Å². The smallest absolute Gasteiger partial charge is 0.164 e. The van der Waals surface area contributed by atoms with Crippen LogP contribution in [0.1, 0.15) is 36.3 Å². The Bertz CT molecular complexity index is 908. The number of nitrogens with one attached hydrogen (secondary N) is 1. The summed E-state index contributed by atoms with van der Waals surface area (Å²) in [5.41, 5.74) is 2.79. The lowest BCUT2D eigenvalue weighted by atomic mass is 10.1. The molecule has 4 atom stereocenters. The summed E-state index contributed by atoms with van der Waals surface area (Å²) in [6.07, 6.45) is -0.491. The molecule has 3 N–H and O–H groups in total. The Labute approximate surface area is 149 Å². The number of aryl methyl sites for hydroxylation is 1. The molecule has 9 heteroatoms. The number of aromatic amines is 1. The number of hydrogen-bond acceptors (Lipinski definition) is 7. The van der Waals surface area contributed by atoms with Gasteiger partial charge in [-0.15, -0.1) is 0 Å². The quantitative estimate of drug-likeness (QED) is 0.622. The van der Waals surface area contributed by atoms with E-state index in [1.807, 2.05) is 19.9 Å². The summed E-state index contributed by atoms with van der Waals surface area (Å²) in [5, 5.41) is 29.0. The molecule has 0 bridgehead atoms. The van der Waals surface area contributed by atoms with Crippen molar-refractivity contribution < 1.29 is 19.7 Å². The van der Waals surface area contributed by atoms with Gasteiger partial charge in [-0.05, 0) is 26.0 Å². The van der Waals surface area contributed by atoms with Crippen molar-refractivity contribution in [3.63, 3.8) is 0 Å². The molecule has 1 aliphatic rings. The topological polar surface area (TPSA) is 118 Å². The van der Waals surface area contributed by atoms with Gasteiger partial charge in [0.1, 0.15) is 30.3 Å². The lowest BCUT2D eigenvalue weighted by Crippen LogP contribution is -2.29. The van der Waals surface area contributed by atoms with E-state index in [2.05, 4.69) is 20.2 Å². The SMILES string of the molecule is CCOCc1cc(C2OC(n3ccc4c(C)ncnc43)C(O)C2O)n[nH]1. The summed E-state index contributed by atoms with van der Waals surface area (Å²) in [6.45, 7) is 4.80. The number of ether oxygens (including phenoxy) is 2. The van der Waals surface area contributed by atoms with Gasteiger partial charge >= 0.3 is 0 Å². The van der Waals surface area contributed by atoms with Gasteiger partial charge in [-0.3, -0.25) is 5.10 Å². The summed E-state index contributed by atoms with van der Waals surface area (Å²) in [7, 11) is 0. The van der Waals surface area contributed by atoms with Crippen molar-refractivity contribution >= 4 is 11.0 Å². The Morgan fingerprint density at radius 1 is 1.31 bits per heavy atom. The molecule has 0 aromatic carbocycles. The van der Waals surface area contributed by atoms with Crippen molar-refractivity contribution in [3.8, 4) is 0 Å². The summed E-state index contributed by atoms with van der Waals surface area (Å²) in [4.78, 5) is 8.45. The monoisotopic (exact) mass is 359 g/mol. The number of aliphatic hydroxyl groups is 2. The normalized spacial score (nSPS) is 26.0. The van der Waals surface area contributed by atoms with Crippen LogP contribution in [0.15, 0.2) is 24.7 Å². The number of nitrogens with zero attached hydrogens (tertiary/aromatic N) is 4. The third-order valence-electron chi connectivity index (χ3n) is 4.62. The second-order valence-corrected chi connectivity index (χ2v) is 6.30. The first-order chi connectivity index (χ1) is 12.6. The maximum Gasteiger partial charge on any atom is 0.164 e. The molecule has 26 heavy (non-hydrogen) atoms. The average Bonchev–Trinajstić information content (AvgIpc) is 3.33. The van der Waals surface area contributed by atoms with Gasteiger partial charge in [-0.2, -0.15) is 5.10 Å². The maximum absolute atomic E-state index is 10.5. The molecule has 4 rings (SSSR count). The van der Waals surface area contributed by atoms with Crippen LogP contribution in [0.4, 0.5) is 0 Å². The minimum atomic E-state index is -1.11. The van der Waals surface area contributed by atoms with Crippen LogP contribution >= 0.6 is 0 Å². The zero-order chi connectivity index (χ0) is 18.3. The Morgan fingerprint density at radius 3 is 2.96 bits per heavy atom. The van der Waals surface area contributed by atoms with E-state index in [1.165, 1.54) is 6.33 Å². The summed E-state index contributed by atoms with van der Waals surface area (Å²) >= 11 is 0. The second-order valence-electron chi connectivity index (χ2n) is 6.30. The van der Waals surface area contributed by atoms with Crippen LogP contribution in [-0.4, -0.2) is 53.8 Å². The van der Waals surface area contributed by atoms with E-state index in [0.717, 1.165) is 16.8 Å². The van der Waals surface area contributed by atoms with E-state index in [1.54, 1.807) is 16.8 Å². The first-order valence-electron chi connectivity index (χ1n) is 8.51. The molecular formula is C17H21N5O4. The molecule has 1 fully saturated rings. The summed E-state index contributed by atoms with van der Waals surface area (Å²) < 4.78 is 13.0. The van der Waals surface area contributed by atoms with Gasteiger partial charge in [-0.25, -0.2) is 9.97 Å². The van der Waals surface area contributed by atoms with Crippen LogP contribution in [0.2, 0.25) is 0 Å². The number of hydrogen-bond donors (Lipinski definition) is 3. The van der Waals surface area contributed by atoms with Crippen LogP contribution in [-0.2, 0) is 16.1 Å². The van der Waals surface area contributed by atoms with Crippen molar-refractivity contribution in [2.45, 2.75) is 45.0 Å². The zero-order valence-corrected chi connectivity index (χ0v) is 14.5.